The van der Waals surface area contributed by atoms with Gasteiger partial charge in [-0.25, -0.2) is 0 Å². The number of carbonyl (C=O) groups excluding carboxylic acids is 1. The molecule has 0 bridgehead atoms. The highest BCUT2D eigenvalue weighted by molar-refractivity contribution is 6.32. The Balaban J connectivity index is 2.49. The molecule has 0 N–H and O–H groups in total. The van der Waals surface area contributed by atoms with Crippen molar-refractivity contribution in [3.63, 3.8) is 0 Å². The maximum absolute atomic E-state index is 12.5. The molecule has 0 unspecified atom stereocenters. The summed E-state index contributed by atoms with van der Waals surface area (Å²) in [6.45, 7) is 3.85. The van der Waals surface area contributed by atoms with Gasteiger partial charge in [0.2, 0.25) is 0 Å². The third kappa shape index (κ3) is 2.79. The quantitative estimate of drug-likeness (QED) is 0.784. The van der Waals surface area contributed by atoms with Crippen molar-refractivity contribution < 1.29 is 9.53 Å². The van der Waals surface area contributed by atoms with E-state index in [4.69, 9.17) is 16.3 Å². The Morgan fingerprint density at radius 2 is 1.84 bits per heavy atom. The Morgan fingerprint density at radius 1 is 1.11 bits per heavy atom. The van der Waals surface area contributed by atoms with Crippen LogP contribution in [0.15, 0.2) is 36.4 Å². The molecule has 0 spiro atoms. The number of methoxy groups -OCH3 is 1. The molecule has 0 saturated heterocycles. The van der Waals surface area contributed by atoms with Crippen LogP contribution in [0, 0.1) is 13.8 Å². The summed E-state index contributed by atoms with van der Waals surface area (Å²) in [5.74, 6) is 0.495. The summed E-state index contributed by atoms with van der Waals surface area (Å²) in [7, 11) is 1.56. The van der Waals surface area contributed by atoms with Gasteiger partial charge in [-0.15, -0.1) is 0 Å². The molecule has 0 fully saturated rings. The summed E-state index contributed by atoms with van der Waals surface area (Å²) in [4.78, 5) is 12.5. The maximum atomic E-state index is 12.5. The monoisotopic (exact) mass is 274 g/mol. The minimum Gasteiger partial charge on any atom is -0.496 e. The van der Waals surface area contributed by atoms with E-state index in [9.17, 15) is 4.79 Å². The smallest absolute Gasteiger partial charge is 0.196 e. The Hall–Kier alpha value is -1.80. The summed E-state index contributed by atoms with van der Waals surface area (Å²) < 4.78 is 5.24. The molecule has 0 aliphatic rings. The molecule has 3 heteroatoms. The number of hydrogen-bond donors (Lipinski definition) is 0. The number of aryl methyl sites for hydroxylation is 2. The molecule has 19 heavy (non-hydrogen) atoms. The molecule has 0 aromatic heterocycles. The standard InChI is InChI=1S/C16H15ClO2/c1-10-4-7-15(19-3)13(8-10)16(18)12-6-5-11(2)14(17)9-12/h4-9H,1-3H3. The average Bonchev–Trinajstić information content (AvgIpc) is 2.41. The molecule has 0 amide bonds. The second-order valence-electron chi connectivity index (χ2n) is 4.50. The Labute approximate surface area is 118 Å². The van der Waals surface area contributed by atoms with E-state index in [1.165, 1.54) is 0 Å². The van der Waals surface area contributed by atoms with Crippen LogP contribution in [0.1, 0.15) is 27.0 Å². The van der Waals surface area contributed by atoms with E-state index in [1.54, 1.807) is 25.3 Å². The third-order valence-electron chi connectivity index (χ3n) is 3.03. The van der Waals surface area contributed by atoms with Crippen molar-refractivity contribution in [2.24, 2.45) is 0 Å². The highest BCUT2D eigenvalue weighted by atomic mass is 35.5. The second-order valence-corrected chi connectivity index (χ2v) is 4.90. The first-order valence-electron chi connectivity index (χ1n) is 5.98. The minimum atomic E-state index is -0.0811. The van der Waals surface area contributed by atoms with Gasteiger partial charge < -0.3 is 4.74 Å². The molecule has 2 aromatic rings. The van der Waals surface area contributed by atoms with Gasteiger partial charge >= 0.3 is 0 Å². The lowest BCUT2D eigenvalue weighted by Gasteiger charge is -2.09. The maximum Gasteiger partial charge on any atom is 0.196 e. The molecular weight excluding hydrogens is 260 g/mol. The van der Waals surface area contributed by atoms with Crippen LogP contribution in [-0.4, -0.2) is 12.9 Å². The van der Waals surface area contributed by atoms with E-state index in [-0.39, 0.29) is 5.78 Å². The van der Waals surface area contributed by atoms with Crippen molar-refractivity contribution in [1.29, 1.82) is 0 Å². The zero-order chi connectivity index (χ0) is 14.0. The SMILES string of the molecule is COc1ccc(C)cc1C(=O)c1ccc(C)c(Cl)c1. The first-order valence-corrected chi connectivity index (χ1v) is 6.36. The van der Waals surface area contributed by atoms with Crippen LogP contribution in [-0.2, 0) is 0 Å². The fourth-order valence-electron chi connectivity index (χ4n) is 1.89. The number of halogens is 1. The Morgan fingerprint density at radius 3 is 2.47 bits per heavy atom. The van der Waals surface area contributed by atoms with Gasteiger partial charge in [0.25, 0.3) is 0 Å². The number of rotatable bonds is 3. The molecule has 2 rings (SSSR count). The van der Waals surface area contributed by atoms with Gasteiger partial charge in [-0.2, -0.15) is 0 Å². The molecule has 2 nitrogen and oxygen atoms in total. The summed E-state index contributed by atoms with van der Waals surface area (Å²) in [6.07, 6.45) is 0. The first-order chi connectivity index (χ1) is 9.02. The largest absolute Gasteiger partial charge is 0.496 e. The van der Waals surface area contributed by atoms with Gasteiger partial charge in [0.05, 0.1) is 12.7 Å². The number of hydrogen-bond acceptors (Lipinski definition) is 2. The highest BCUT2D eigenvalue weighted by Gasteiger charge is 2.15. The zero-order valence-corrected chi connectivity index (χ0v) is 11.9. The predicted octanol–water partition coefficient (Wildman–Crippen LogP) is 4.20. The second kappa shape index (κ2) is 5.45. The number of benzene rings is 2. The summed E-state index contributed by atoms with van der Waals surface area (Å²) in [6, 6.07) is 10.9. The van der Waals surface area contributed by atoms with E-state index in [2.05, 4.69) is 0 Å². The molecule has 0 aliphatic carbocycles. The van der Waals surface area contributed by atoms with Gasteiger partial charge in [-0.3, -0.25) is 4.79 Å². The van der Waals surface area contributed by atoms with Crippen molar-refractivity contribution in [2.75, 3.05) is 7.11 Å². The van der Waals surface area contributed by atoms with E-state index < -0.39 is 0 Å². The van der Waals surface area contributed by atoms with Crippen molar-refractivity contribution in [3.05, 3.63) is 63.7 Å². The number of carbonyl (C=O) groups is 1. The van der Waals surface area contributed by atoms with Crippen LogP contribution in [0.25, 0.3) is 0 Å². The van der Waals surface area contributed by atoms with Gasteiger partial charge in [0.1, 0.15) is 5.75 Å². The molecule has 98 valence electrons. The number of ether oxygens (including phenoxy) is 1. The van der Waals surface area contributed by atoms with Gasteiger partial charge in [0, 0.05) is 10.6 Å². The lowest BCUT2D eigenvalue weighted by molar-refractivity contribution is 0.103. The molecule has 0 atom stereocenters. The normalized spacial score (nSPS) is 10.3. The molecule has 2 aromatic carbocycles. The van der Waals surface area contributed by atoms with Gasteiger partial charge in [-0.05, 0) is 37.6 Å². The average molecular weight is 275 g/mol. The van der Waals surface area contributed by atoms with E-state index in [0.717, 1.165) is 11.1 Å². The highest BCUT2D eigenvalue weighted by Crippen LogP contribution is 2.25. The molecular formula is C16H15ClO2. The summed E-state index contributed by atoms with van der Waals surface area (Å²) in [5, 5.41) is 0.595. The summed E-state index contributed by atoms with van der Waals surface area (Å²) in [5.41, 5.74) is 3.10. The lowest BCUT2D eigenvalue weighted by Crippen LogP contribution is -2.04. The lowest BCUT2D eigenvalue weighted by atomic mass is 10.00. The van der Waals surface area contributed by atoms with Crippen molar-refractivity contribution in [1.82, 2.24) is 0 Å². The fraction of sp³-hybridized carbons (Fsp3) is 0.188. The van der Waals surface area contributed by atoms with Crippen LogP contribution < -0.4 is 4.74 Å². The van der Waals surface area contributed by atoms with Crippen molar-refractivity contribution in [2.45, 2.75) is 13.8 Å². The fourth-order valence-corrected chi connectivity index (χ4v) is 2.07. The molecule has 0 heterocycles. The third-order valence-corrected chi connectivity index (χ3v) is 3.44. The summed E-state index contributed by atoms with van der Waals surface area (Å²) >= 11 is 6.07. The van der Waals surface area contributed by atoms with Crippen LogP contribution in [0.4, 0.5) is 0 Å². The van der Waals surface area contributed by atoms with Gasteiger partial charge in [0.15, 0.2) is 5.78 Å². The predicted molar refractivity (Wildman–Crippen MR) is 77.4 cm³/mol. The van der Waals surface area contributed by atoms with Crippen molar-refractivity contribution in [3.8, 4) is 5.75 Å². The van der Waals surface area contributed by atoms with Gasteiger partial charge in [-0.1, -0.05) is 35.4 Å². The molecule has 0 radical (unpaired) electrons. The molecule has 0 saturated carbocycles. The van der Waals surface area contributed by atoms with Crippen LogP contribution in [0.3, 0.4) is 0 Å². The first kappa shape index (κ1) is 13.6. The zero-order valence-electron chi connectivity index (χ0n) is 11.2. The molecule has 0 aliphatic heterocycles. The number of ketones is 1. The van der Waals surface area contributed by atoms with E-state index >= 15 is 0 Å². The van der Waals surface area contributed by atoms with E-state index in [0.29, 0.717) is 21.9 Å². The van der Waals surface area contributed by atoms with Crippen LogP contribution in [0.5, 0.6) is 5.75 Å². The Bertz CT molecular complexity index is 633. The van der Waals surface area contributed by atoms with Crippen LogP contribution >= 0.6 is 11.6 Å². The Kier molecular flexibility index (Phi) is 3.91. The topological polar surface area (TPSA) is 26.3 Å². The van der Waals surface area contributed by atoms with E-state index in [1.807, 2.05) is 32.0 Å². The van der Waals surface area contributed by atoms with Crippen molar-refractivity contribution >= 4 is 17.4 Å². The van der Waals surface area contributed by atoms with Crippen LogP contribution in [0.2, 0.25) is 5.02 Å². The minimum absolute atomic E-state index is 0.0811.